The van der Waals surface area contributed by atoms with Crippen molar-refractivity contribution in [3.8, 4) is 0 Å². The molecule has 1 rings (SSSR count). The smallest absolute Gasteiger partial charge is 0.407 e. The molecule has 3 nitrogen and oxygen atoms in total. The van der Waals surface area contributed by atoms with Crippen molar-refractivity contribution in [2.45, 2.75) is 86.2 Å². The number of rotatable bonds is 2. The molecule has 3 heteroatoms. The van der Waals surface area contributed by atoms with Gasteiger partial charge in [0.05, 0.1) is 0 Å². The first kappa shape index (κ1) is 20.6. The van der Waals surface area contributed by atoms with Crippen LogP contribution in [0.4, 0.5) is 4.79 Å². The normalized spacial score (nSPS) is 15.3. The van der Waals surface area contributed by atoms with Crippen molar-refractivity contribution in [1.82, 2.24) is 5.32 Å². The molecule has 1 aliphatic carbocycles. The third kappa shape index (κ3) is 13.5. The van der Waals surface area contributed by atoms with Crippen molar-refractivity contribution in [3.63, 3.8) is 0 Å². The Bertz CT molecular complexity index is 203. The van der Waals surface area contributed by atoms with Gasteiger partial charge in [0.25, 0.3) is 0 Å². The maximum absolute atomic E-state index is 11.4. The third-order valence-electron chi connectivity index (χ3n) is 2.66. The van der Waals surface area contributed by atoms with Gasteiger partial charge >= 0.3 is 6.09 Å². The Morgan fingerprint density at radius 1 is 1.05 bits per heavy atom. The molecule has 19 heavy (non-hydrogen) atoms. The molecule has 0 aromatic heterocycles. The summed E-state index contributed by atoms with van der Waals surface area (Å²) in [5.41, 5.74) is -0.392. The number of ether oxygens (including phenoxy) is 1. The molecule has 0 aromatic carbocycles. The lowest BCUT2D eigenvalue weighted by Gasteiger charge is -2.24. The molecule has 0 atom stereocenters. The van der Waals surface area contributed by atoms with E-state index in [4.69, 9.17) is 4.74 Å². The largest absolute Gasteiger partial charge is 0.444 e. The van der Waals surface area contributed by atoms with E-state index in [1.54, 1.807) is 0 Å². The van der Waals surface area contributed by atoms with Crippen LogP contribution in [0, 0.1) is 5.92 Å². The van der Waals surface area contributed by atoms with Crippen molar-refractivity contribution in [2.75, 3.05) is 6.54 Å². The highest BCUT2D eigenvalue weighted by Crippen LogP contribution is 2.22. The fraction of sp³-hybridized carbons (Fsp3) is 0.938. The summed E-state index contributed by atoms with van der Waals surface area (Å²) >= 11 is 0. The number of carbonyl (C=O) groups excluding carboxylic acids is 1. The van der Waals surface area contributed by atoms with Crippen LogP contribution in [-0.2, 0) is 4.74 Å². The van der Waals surface area contributed by atoms with E-state index in [1.807, 2.05) is 48.5 Å². The lowest BCUT2D eigenvalue weighted by Crippen LogP contribution is -2.35. The van der Waals surface area contributed by atoms with Crippen molar-refractivity contribution in [1.29, 1.82) is 0 Å². The van der Waals surface area contributed by atoms with Gasteiger partial charge in [-0.05, 0) is 39.5 Å². The molecule has 0 saturated heterocycles. The molecule has 1 saturated carbocycles. The van der Waals surface area contributed by atoms with Gasteiger partial charge in [-0.1, -0.05) is 47.0 Å². The van der Waals surface area contributed by atoms with Crippen LogP contribution in [0.5, 0.6) is 0 Å². The lowest BCUT2D eigenvalue weighted by atomic mass is 9.89. The second kappa shape index (κ2) is 12.3. The molecule has 1 aliphatic rings. The molecule has 0 aromatic rings. The second-order valence-electron chi connectivity index (χ2n) is 5.39. The number of hydrogen-bond acceptors (Lipinski definition) is 2. The molecular weight excluding hydrogens is 238 g/mol. The quantitative estimate of drug-likeness (QED) is 0.756. The first-order valence-electron chi connectivity index (χ1n) is 7.94. The highest BCUT2D eigenvalue weighted by atomic mass is 16.6. The Kier molecular flexibility index (Phi) is 13.3. The van der Waals surface area contributed by atoms with E-state index in [0.717, 1.165) is 6.54 Å². The van der Waals surface area contributed by atoms with Crippen molar-refractivity contribution < 1.29 is 9.53 Å². The molecule has 0 radical (unpaired) electrons. The first-order valence-corrected chi connectivity index (χ1v) is 7.94. The standard InChI is InChI=1S/C12H23NO2.2C2H6/c1-12(2,3)15-11(14)13-9-10-7-5-4-6-8-10;2*1-2/h10H,4-9H2,1-3H3,(H,13,14);2*1-2H3. The first-order chi connectivity index (χ1) is 8.97. The van der Waals surface area contributed by atoms with Gasteiger partial charge in [-0.2, -0.15) is 0 Å². The van der Waals surface area contributed by atoms with Gasteiger partial charge in [0.1, 0.15) is 5.60 Å². The fourth-order valence-electron chi connectivity index (χ4n) is 1.93. The van der Waals surface area contributed by atoms with Gasteiger partial charge in [-0.3, -0.25) is 0 Å². The van der Waals surface area contributed by atoms with Crippen LogP contribution in [0.15, 0.2) is 0 Å². The van der Waals surface area contributed by atoms with E-state index in [2.05, 4.69) is 5.32 Å². The summed E-state index contributed by atoms with van der Waals surface area (Å²) in [6.45, 7) is 14.4. The Labute approximate surface area is 120 Å². The second-order valence-corrected chi connectivity index (χ2v) is 5.39. The minimum atomic E-state index is -0.392. The molecule has 1 fully saturated rings. The predicted molar refractivity (Wildman–Crippen MR) is 83.5 cm³/mol. The predicted octanol–water partition coefficient (Wildman–Crippen LogP) is 5.14. The molecule has 0 bridgehead atoms. The zero-order chi connectivity index (χ0) is 15.3. The minimum Gasteiger partial charge on any atom is -0.444 e. The number of alkyl carbamates (subject to hydrolysis) is 1. The van der Waals surface area contributed by atoms with Gasteiger partial charge < -0.3 is 10.1 Å². The van der Waals surface area contributed by atoms with Gasteiger partial charge in [0, 0.05) is 6.54 Å². The maximum Gasteiger partial charge on any atom is 0.407 e. The van der Waals surface area contributed by atoms with E-state index in [1.165, 1.54) is 32.1 Å². The SMILES string of the molecule is CC.CC.CC(C)(C)OC(=O)NCC1CCCCC1. The van der Waals surface area contributed by atoms with Crippen molar-refractivity contribution in [2.24, 2.45) is 5.92 Å². The number of nitrogens with one attached hydrogen (secondary N) is 1. The summed E-state index contributed by atoms with van der Waals surface area (Å²) in [5.74, 6) is 0.659. The zero-order valence-corrected chi connectivity index (χ0v) is 14.1. The van der Waals surface area contributed by atoms with Gasteiger partial charge in [0.2, 0.25) is 0 Å². The Hall–Kier alpha value is -0.730. The molecule has 0 aliphatic heterocycles. The van der Waals surface area contributed by atoms with E-state index in [-0.39, 0.29) is 6.09 Å². The maximum atomic E-state index is 11.4. The highest BCUT2D eigenvalue weighted by molar-refractivity contribution is 5.67. The Balaban J connectivity index is 0. The molecular formula is C16H35NO2. The van der Waals surface area contributed by atoms with Crippen LogP contribution in [0.2, 0.25) is 0 Å². The van der Waals surface area contributed by atoms with Crippen LogP contribution >= 0.6 is 0 Å². The summed E-state index contributed by atoms with van der Waals surface area (Å²) in [7, 11) is 0. The van der Waals surface area contributed by atoms with Crippen molar-refractivity contribution >= 4 is 6.09 Å². The van der Waals surface area contributed by atoms with Crippen molar-refractivity contribution in [3.05, 3.63) is 0 Å². The topological polar surface area (TPSA) is 38.3 Å². The molecule has 0 heterocycles. The van der Waals surface area contributed by atoms with Gasteiger partial charge in [0.15, 0.2) is 0 Å². The molecule has 1 N–H and O–H groups in total. The monoisotopic (exact) mass is 273 g/mol. The summed E-state index contributed by atoms with van der Waals surface area (Å²) in [6, 6.07) is 0. The molecule has 0 spiro atoms. The summed E-state index contributed by atoms with van der Waals surface area (Å²) < 4.78 is 5.18. The summed E-state index contributed by atoms with van der Waals surface area (Å²) in [4.78, 5) is 11.4. The van der Waals surface area contributed by atoms with E-state index in [9.17, 15) is 4.79 Å². The summed E-state index contributed by atoms with van der Waals surface area (Å²) in [6.07, 6.45) is 6.17. The van der Waals surface area contributed by atoms with E-state index < -0.39 is 5.60 Å². The van der Waals surface area contributed by atoms with Crippen LogP contribution < -0.4 is 5.32 Å². The number of hydrogen-bond donors (Lipinski definition) is 1. The highest BCUT2D eigenvalue weighted by Gasteiger charge is 2.18. The van der Waals surface area contributed by atoms with Gasteiger partial charge in [-0.15, -0.1) is 0 Å². The Morgan fingerprint density at radius 2 is 1.53 bits per heavy atom. The van der Waals surface area contributed by atoms with Crippen LogP contribution in [0.25, 0.3) is 0 Å². The average Bonchev–Trinajstić information content (AvgIpc) is 2.40. The van der Waals surface area contributed by atoms with E-state index in [0.29, 0.717) is 5.92 Å². The minimum absolute atomic E-state index is 0.284. The fourth-order valence-corrected chi connectivity index (χ4v) is 1.93. The third-order valence-corrected chi connectivity index (χ3v) is 2.66. The van der Waals surface area contributed by atoms with E-state index >= 15 is 0 Å². The Morgan fingerprint density at radius 3 is 1.95 bits per heavy atom. The van der Waals surface area contributed by atoms with Crippen LogP contribution in [0.3, 0.4) is 0 Å². The number of carbonyl (C=O) groups is 1. The molecule has 1 amide bonds. The molecule has 116 valence electrons. The van der Waals surface area contributed by atoms with Crippen LogP contribution in [0.1, 0.15) is 80.6 Å². The van der Waals surface area contributed by atoms with Crippen LogP contribution in [-0.4, -0.2) is 18.2 Å². The van der Waals surface area contributed by atoms with Gasteiger partial charge in [-0.25, -0.2) is 4.79 Å². The molecule has 0 unspecified atom stereocenters. The average molecular weight is 273 g/mol. The lowest BCUT2D eigenvalue weighted by molar-refractivity contribution is 0.0515. The summed E-state index contributed by atoms with van der Waals surface area (Å²) in [5, 5.41) is 2.85. The zero-order valence-electron chi connectivity index (χ0n) is 14.1. The number of amides is 1.